The Bertz CT molecular complexity index is 1010. The van der Waals surface area contributed by atoms with Crippen LogP contribution in [0.4, 0.5) is 0 Å². The first-order valence-electron chi connectivity index (χ1n) is 10.5. The van der Waals surface area contributed by atoms with Crippen molar-refractivity contribution in [2.75, 3.05) is 12.8 Å². The molecule has 0 aliphatic rings. The van der Waals surface area contributed by atoms with E-state index in [-0.39, 0.29) is 11.8 Å². The standard InChI is InChI=1S/C26H27BrN2O2S/c1-28-26(31)24(16-20-9-4-2-5-10-20)29(17-22-13-8-14-23(27)15-22)25(30)19-32-18-21-11-6-3-7-12-21/h2-15,24H,16-19H2,1H3,(H,28,31)/t24-/m0/s1. The molecule has 1 atom stereocenters. The molecule has 32 heavy (non-hydrogen) atoms. The summed E-state index contributed by atoms with van der Waals surface area (Å²) in [5.74, 6) is 0.854. The zero-order chi connectivity index (χ0) is 22.8. The van der Waals surface area contributed by atoms with E-state index in [1.54, 1.807) is 23.7 Å². The SMILES string of the molecule is CNC(=O)[C@H](Cc1ccccc1)N(Cc1cccc(Br)c1)C(=O)CSCc1ccccc1. The normalized spacial score (nSPS) is 11.6. The number of carbonyl (C=O) groups excluding carboxylic acids is 2. The fraction of sp³-hybridized carbons (Fsp3) is 0.231. The summed E-state index contributed by atoms with van der Waals surface area (Å²) in [4.78, 5) is 28.0. The first-order valence-corrected chi connectivity index (χ1v) is 12.4. The van der Waals surface area contributed by atoms with Crippen LogP contribution in [0.3, 0.4) is 0 Å². The molecule has 1 N–H and O–H groups in total. The molecule has 0 radical (unpaired) electrons. The van der Waals surface area contributed by atoms with Crippen LogP contribution in [0.25, 0.3) is 0 Å². The van der Waals surface area contributed by atoms with E-state index < -0.39 is 6.04 Å². The summed E-state index contributed by atoms with van der Waals surface area (Å²) < 4.78 is 0.945. The van der Waals surface area contributed by atoms with Crippen LogP contribution in [-0.4, -0.2) is 35.6 Å². The van der Waals surface area contributed by atoms with Gasteiger partial charge in [0.2, 0.25) is 11.8 Å². The Kier molecular flexibility index (Phi) is 9.38. The third-order valence-electron chi connectivity index (χ3n) is 5.10. The molecule has 3 rings (SSSR count). The average molecular weight is 511 g/mol. The van der Waals surface area contributed by atoms with E-state index in [0.29, 0.717) is 18.7 Å². The lowest BCUT2D eigenvalue weighted by Crippen LogP contribution is -2.50. The molecule has 0 saturated heterocycles. The minimum atomic E-state index is -0.591. The summed E-state index contributed by atoms with van der Waals surface area (Å²) in [6.07, 6.45) is 0.462. The second-order valence-corrected chi connectivity index (χ2v) is 9.35. The predicted molar refractivity (Wildman–Crippen MR) is 135 cm³/mol. The van der Waals surface area contributed by atoms with Gasteiger partial charge in [-0.3, -0.25) is 9.59 Å². The van der Waals surface area contributed by atoms with Gasteiger partial charge in [-0.2, -0.15) is 0 Å². The average Bonchev–Trinajstić information content (AvgIpc) is 2.82. The summed E-state index contributed by atoms with van der Waals surface area (Å²) >= 11 is 5.07. The molecule has 3 aromatic carbocycles. The molecule has 3 aromatic rings. The minimum absolute atomic E-state index is 0.0459. The molecule has 0 bridgehead atoms. The van der Waals surface area contributed by atoms with Crippen molar-refractivity contribution in [3.8, 4) is 0 Å². The van der Waals surface area contributed by atoms with Crippen LogP contribution >= 0.6 is 27.7 Å². The van der Waals surface area contributed by atoms with E-state index in [9.17, 15) is 9.59 Å². The molecular weight excluding hydrogens is 484 g/mol. The number of nitrogens with one attached hydrogen (secondary N) is 1. The lowest BCUT2D eigenvalue weighted by Gasteiger charge is -2.31. The van der Waals surface area contributed by atoms with Crippen molar-refractivity contribution in [3.63, 3.8) is 0 Å². The van der Waals surface area contributed by atoms with Crippen LogP contribution in [0.2, 0.25) is 0 Å². The summed E-state index contributed by atoms with van der Waals surface area (Å²) in [5.41, 5.74) is 3.17. The van der Waals surface area contributed by atoms with Crippen molar-refractivity contribution in [1.82, 2.24) is 10.2 Å². The quantitative estimate of drug-likeness (QED) is 0.414. The number of thioether (sulfide) groups is 1. The first-order chi connectivity index (χ1) is 15.6. The van der Waals surface area contributed by atoms with E-state index >= 15 is 0 Å². The number of rotatable bonds is 10. The van der Waals surface area contributed by atoms with Crippen molar-refractivity contribution >= 4 is 39.5 Å². The van der Waals surface area contributed by atoms with Crippen LogP contribution in [0.5, 0.6) is 0 Å². The number of likely N-dealkylation sites (N-methyl/N-ethyl adjacent to an activating group) is 1. The molecule has 6 heteroatoms. The van der Waals surface area contributed by atoms with Crippen molar-refractivity contribution < 1.29 is 9.59 Å². The Balaban J connectivity index is 1.81. The van der Waals surface area contributed by atoms with Crippen molar-refractivity contribution in [3.05, 3.63) is 106 Å². The van der Waals surface area contributed by atoms with Gasteiger partial charge in [-0.1, -0.05) is 88.7 Å². The lowest BCUT2D eigenvalue weighted by molar-refractivity contribution is -0.139. The lowest BCUT2D eigenvalue weighted by atomic mass is 10.0. The summed E-state index contributed by atoms with van der Waals surface area (Å²) in [6.45, 7) is 0.370. The fourth-order valence-corrected chi connectivity index (χ4v) is 4.78. The third-order valence-corrected chi connectivity index (χ3v) is 6.58. The van der Waals surface area contributed by atoms with Gasteiger partial charge in [-0.15, -0.1) is 11.8 Å². The van der Waals surface area contributed by atoms with Gasteiger partial charge in [0.15, 0.2) is 0 Å². The van der Waals surface area contributed by atoms with E-state index in [1.165, 1.54) is 5.56 Å². The zero-order valence-corrected chi connectivity index (χ0v) is 20.4. The second kappa shape index (κ2) is 12.5. The van der Waals surface area contributed by atoms with Crippen LogP contribution in [0.15, 0.2) is 89.4 Å². The Morgan fingerprint density at radius 1 is 0.906 bits per heavy atom. The number of carbonyl (C=O) groups is 2. The van der Waals surface area contributed by atoms with E-state index in [4.69, 9.17) is 0 Å². The molecule has 0 aliphatic heterocycles. The molecule has 0 unspecified atom stereocenters. The van der Waals surface area contributed by atoms with E-state index in [0.717, 1.165) is 21.4 Å². The summed E-state index contributed by atoms with van der Waals surface area (Å²) in [7, 11) is 1.62. The number of benzene rings is 3. The van der Waals surface area contributed by atoms with Gasteiger partial charge in [0.05, 0.1) is 5.75 Å². The maximum absolute atomic E-state index is 13.4. The molecule has 166 valence electrons. The van der Waals surface area contributed by atoms with Crippen molar-refractivity contribution in [2.45, 2.75) is 24.8 Å². The van der Waals surface area contributed by atoms with Crippen LogP contribution in [-0.2, 0) is 28.3 Å². The molecule has 0 spiro atoms. The smallest absolute Gasteiger partial charge is 0.242 e. The molecule has 4 nitrogen and oxygen atoms in total. The monoisotopic (exact) mass is 510 g/mol. The molecule has 0 aromatic heterocycles. The van der Waals surface area contributed by atoms with Gasteiger partial charge in [0, 0.05) is 30.2 Å². The molecular formula is C26H27BrN2O2S. The summed E-state index contributed by atoms with van der Waals surface area (Å²) in [5, 5.41) is 2.75. The highest BCUT2D eigenvalue weighted by Gasteiger charge is 2.29. The minimum Gasteiger partial charge on any atom is -0.357 e. The molecule has 0 aliphatic carbocycles. The molecule has 0 heterocycles. The van der Waals surface area contributed by atoms with Gasteiger partial charge in [-0.25, -0.2) is 0 Å². The highest BCUT2D eigenvalue weighted by Crippen LogP contribution is 2.20. The number of nitrogens with zero attached hydrogens (tertiary/aromatic N) is 1. The summed E-state index contributed by atoms with van der Waals surface area (Å²) in [6, 6.07) is 27.2. The number of amides is 2. The second-order valence-electron chi connectivity index (χ2n) is 7.45. The van der Waals surface area contributed by atoms with Gasteiger partial charge >= 0.3 is 0 Å². The highest BCUT2D eigenvalue weighted by atomic mass is 79.9. The maximum atomic E-state index is 13.4. The number of hydrogen-bond acceptors (Lipinski definition) is 3. The van der Waals surface area contributed by atoms with E-state index in [2.05, 4.69) is 33.4 Å². The molecule has 2 amide bonds. The topological polar surface area (TPSA) is 49.4 Å². The van der Waals surface area contributed by atoms with Gasteiger partial charge in [0.25, 0.3) is 0 Å². The van der Waals surface area contributed by atoms with Crippen LogP contribution in [0.1, 0.15) is 16.7 Å². The van der Waals surface area contributed by atoms with Crippen molar-refractivity contribution in [2.24, 2.45) is 0 Å². The molecule has 0 fully saturated rings. The van der Waals surface area contributed by atoms with Gasteiger partial charge < -0.3 is 10.2 Å². The van der Waals surface area contributed by atoms with Gasteiger partial charge in [0.1, 0.15) is 6.04 Å². The van der Waals surface area contributed by atoms with Crippen LogP contribution in [0, 0.1) is 0 Å². The number of hydrogen-bond donors (Lipinski definition) is 1. The van der Waals surface area contributed by atoms with Crippen LogP contribution < -0.4 is 5.32 Å². The third kappa shape index (κ3) is 7.24. The Hall–Kier alpha value is -2.57. The maximum Gasteiger partial charge on any atom is 0.242 e. The largest absolute Gasteiger partial charge is 0.357 e. The Morgan fingerprint density at radius 2 is 1.53 bits per heavy atom. The zero-order valence-electron chi connectivity index (χ0n) is 18.0. The van der Waals surface area contributed by atoms with Crippen molar-refractivity contribution in [1.29, 1.82) is 0 Å². The molecule has 0 saturated carbocycles. The van der Waals surface area contributed by atoms with Gasteiger partial charge in [-0.05, 0) is 28.8 Å². The first kappa shape index (κ1) is 24.1. The Morgan fingerprint density at radius 3 is 2.16 bits per heavy atom. The number of halogens is 1. The van der Waals surface area contributed by atoms with E-state index in [1.807, 2.05) is 72.8 Å². The fourth-order valence-electron chi connectivity index (χ4n) is 3.47. The Labute approximate surface area is 202 Å². The predicted octanol–water partition coefficient (Wildman–Crippen LogP) is 5.07. The highest BCUT2D eigenvalue weighted by molar-refractivity contribution is 9.10.